The summed E-state index contributed by atoms with van der Waals surface area (Å²) in [6.07, 6.45) is -2.91. The summed E-state index contributed by atoms with van der Waals surface area (Å²) >= 11 is 0. The van der Waals surface area contributed by atoms with E-state index in [4.69, 9.17) is 9.47 Å². The third kappa shape index (κ3) is 11.7. The molecule has 1 amide bonds. The van der Waals surface area contributed by atoms with Gasteiger partial charge >= 0.3 is 12.1 Å². The first-order valence-corrected chi connectivity index (χ1v) is 20.5. The molecular weight excluding hydrogens is 762 g/mol. The molecule has 2 aliphatic rings. The molecule has 0 bridgehead atoms. The van der Waals surface area contributed by atoms with Crippen LogP contribution in [0.15, 0.2) is 84.9 Å². The van der Waals surface area contributed by atoms with E-state index in [2.05, 4.69) is 24.7 Å². The number of alkyl halides is 3. The van der Waals surface area contributed by atoms with Gasteiger partial charge in [0.15, 0.2) is 5.69 Å². The third-order valence-electron chi connectivity index (χ3n) is 9.76. The van der Waals surface area contributed by atoms with Crippen molar-refractivity contribution in [2.75, 3.05) is 55.4 Å². The van der Waals surface area contributed by atoms with E-state index in [0.717, 1.165) is 17.7 Å². The number of nitrogens with zero attached hydrogens (tertiary/aromatic N) is 5. The Hall–Kier alpha value is -5.22. The van der Waals surface area contributed by atoms with Crippen LogP contribution in [0.2, 0.25) is 0 Å². The van der Waals surface area contributed by atoms with Gasteiger partial charge in [-0.2, -0.15) is 13.2 Å². The lowest BCUT2D eigenvalue weighted by Gasteiger charge is -2.37. The Morgan fingerprint density at radius 2 is 1.53 bits per heavy atom. The normalized spacial score (nSPS) is 16.0. The molecule has 2 fully saturated rings. The van der Waals surface area contributed by atoms with Crippen LogP contribution in [0.5, 0.6) is 11.6 Å². The Morgan fingerprint density at radius 1 is 0.842 bits per heavy atom. The number of benzene rings is 3. The highest BCUT2D eigenvalue weighted by Crippen LogP contribution is 2.34. The van der Waals surface area contributed by atoms with E-state index < -0.39 is 27.5 Å². The zero-order chi connectivity index (χ0) is 40.8. The molecule has 0 unspecified atom stereocenters. The minimum atomic E-state index is -4.59. The molecule has 304 valence electrons. The average molecular weight is 809 g/mol. The van der Waals surface area contributed by atoms with Crippen molar-refractivity contribution in [3.8, 4) is 11.6 Å². The number of carbonyl (C=O) groups is 2. The zero-order valence-corrected chi connectivity index (χ0v) is 33.0. The molecule has 57 heavy (non-hydrogen) atoms. The molecule has 2 aliphatic heterocycles. The maximum atomic E-state index is 13.9. The molecule has 3 heterocycles. The van der Waals surface area contributed by atoms with Crippen molar-refractivity contribution in [3.63, 3.8) is 0 Å². The quantitative estimate of drug-likeness (QED) is 0.148. The number of esters is 1. The molecule has 1 aromatic heterocycles. The number of rotatable bonds is 12. The fourth-order valence-corrected chi connectivity index (χ4v) is 8.13. The van der Waals surface area contributed by atoms with Crippen LogP contribution in [0.25, 0.3) is 0 Å². The predicted molar refractivity (Wildman–Crippen MR) is 210 cm³/mol. The lowest BCUT2D eigenvalue weighted by Crippen LogP contribution is -2.47. The van der Waals surface area contributed by atoms with Crippen molar-refractivity contribution >= 4 is 33.3 Å². The number of anilines is 2. The van der Waals surface area contributed by atoms with E-state index in [9.17, 15) is 31.2 Å². The Morgan fingerprint density at radius 3 is 2.14 bits per heavy atom. The number of nitrogens with one attached hydrogen (secondary N) is 1. The van der Waals surface area contributed by atoms with E-state index >= 15 is 0 Å². The molecule has 0 saturated carbocycles. The molecule has 16 heteroatoms. The average Bonchev–Trinajstić information content (AvgIpc) is 3.17. The first-order chi connectivity index (χ1) is 27.0. The summed E-state index contributed by atoms with van der Waals surface area (Å²) in [4.78, 5) is 32.2. The molecule has 0 spiro atoms. The second-order valence-corrected chi connectivity index (χ2v) is 17.0. The van der Waals surface area contributed by atoms with Gasteiger partial charge in [-0.3, -0.25) is 19.2 Å². The highest BCUT2D eigenvalue weighted by atomic mass is 32.2. The highest BCUT2D eigenvalue weighted by molar-refractivity contribution is 7.91. The van der Waals surface area contributed by atoms with E-state index in [1.165, 1.54) is 0 Å². The molecule has 1 N–H and O–H groups in total. The van der Waals surface area contributed by atoms with Gasteiger partial charge in [-0.25, -0.2) is 8.42 Å². The summed E-state index contributed by atoms with van der Waals surface area (Å²) in [5, 5.41) is 6.70. The fraction of sp³-hybridized carbons (Fsp3) is 0.415. The molecule has 12 nitrogen and oxygen atoms in total. The second kappa shape index (κ2) is 17.5. The first-order valence-electron chi connectivity index (χ1n) is 18.9. The minimum Gasteiger partial charge on any atom is -0.460 e. The lowest BCUT2D eigenvalue weighted by atomic mass is 9.89. The number of amides is 1. The zero-order valence-electron chi connectivity index (χ0n) is 32.2. The number of aromatic nitrogens is 2. The molecule has 0 aliphatic carbocycles. The summed E-state index contributed by atoms with van der Waals surface area (Å²) in [7, 11) is -3.85. The van der Waals surface area contributed by atoms with E-state index in [1.54, 1.807) is 59.5 Å². The Kier molecular flexibility index (Phi) is 12.7. The first kappa shape index (κ1) is 41.4. The van der Waals surface area contributed by atoms with Gasteiger partial charge in [0.25, 0.3) is 5.91 Å². The van der Waals surface area contributed by atoms with Gasteiger partial charge in [-0.1, -0.05) is 42.5 Å². The van der Waals surface area contributed by atoms with Gasteiger partial charge in [0.1, 0.15) is 11.4 Å². The number of hydrogen-bond donors (Lipinski definition) is 1. The number of sulfonamides is 1. The van der Waals surface area contributed by atoms with Gasteiger partial charge in [0.2, 0.25) is 15.9 Å². The van der Waals surface area contributed by atoms with Crippen molar-refractivity contribution < 1.29 is 40.7 Å². The van der Waals surface area contributed by atoms with E-state index in [1.807, 2.05) is 39.0 Å². The summed E-state index contributed by atoms with van der Waals surface area (Å²) in [5.74, 6) is -0.164. The van der Waals surface area contributed by atoms with E-state index in [0.29, 0.717) is 86.9 Å². The van der Waals surface area contributed by atoms with Crippen LogP contribution < -0.4 is 14.4 Å². The van der Waals surface area contributed by atoms with Crippen LogP contribution in [-0.2, 0) is 31.5 Å². The topological polar surface area (TPSA) is 134 Å². The van der Waals surface area contributed by atoms with Crippen LogP contribution >= 0.6 is 0 Å². The molecule has 2 saturated heterocycles. The summed E-state index contributed by atoms with van der Waals surface area (Å²) in [6.45, 7) is 9.58. The van der Waals surface area contributed by atoms with Crippen molar-refractivity contribution in [2.45, 2.75) is 63.5 Å². The van der Waals surface area contributed by atoms with Crippen molar-refractivity contribution in [2.24, 2.45) is 0 Å². The molecule has 0 atom stereocenters. The number of piperazine rings is 1. The number of carbonyl (C=O) groups excluding carboxylic acids is 2. The summed E-state index contributed by atoms with van der Waals surface area (Å²) in [5.41, 5.74) is 1.41. The molecule has 4 aromatic rings. The van der Waals surface area contributed by atoms with Gasteiger partial charge in [0, 0.05) is 57.4 Å². The number of piperidine rings is 1. The SMILES string of the molecule is CC(C)(C)OC(=O)CCN1CCN(c2ccc(C(=O)N3CCC(c4ccc(Oc5ccc(C(F)(F)F)nn5)cc4)CC3)cc2NS(=O)(=O)Cc2ccccc2)CC1. The monoisotopic (exact) mass is 808 g/mol. The number of hydrogen-bond acceptors (Lipinski definition) is 10. The van der Waals surface area contributed by atoms with Crippen LogP contribution in [0.4, 0.5) is 24.5 Å². The Balaban J connectivity index is 1.09. The smallest absolute Gasteiger partial charge is 0.435 e. The Labute approximate surface area is 331 Å². The van der Waals surface area contributed by atoms with Gasteiger partial charge in [-0.15, -0.1) is 10.2 Å². The van der Waals surface area contributed by atoms with Gasteiger partial charge in [-0.05, 0) is 87.1 Å². The van der Waals surface area contributed by atoms with Gasteiger partial charge < -0.3 is 19.3 Å². The van der Waals surface area contributed by atoms with Crippen LogP contribution in [0.3, 0.4) is 0 Å². The highest BCUT2D eigenvalue weighted by Gasteiger charge is 2.33. The van der Waals surface area contributed by atoms with Crippen molar-refractivity contribution in [1.82, 2.24) is 20.0 Å². The molecule has 0 radical (unpaired) electrons. The minimum absolute atomic E-state index is 0.0579. The Bertz CT molecular complexity index is 2100. The number of likely N-dealkylation sites (tertiary alicyclic amines) is 1. The van der Waals surface area contributed by atoms with Crippen LogP contribution in [-0.4, -0.2) is 91.7 Å². The predicted octanol–water partition coefficient (Wildman–Crippen LogP) is 7.10. The van der Waals surface area contributed by atoms with Crippen molar-refractivity contribution in [3.05, 3.63) is 107 Å². The molecule has 3 aromatic carbocycles. The third-order valence-corrected chi connectivity index (χ3v) is 11.0. The van der Waals surface area contributed by atoms with E-state index in [-0.39, 0.29) is 35.8 Å². The molecular formula is C41H47F3N6O6S. The van der Waals surface area contributed by atoms with Crippen LogP contribution in [0.1, 0.15) is 73.1 Å². The fourth-order valence-electron chi connectivity index (χ4n) is 6.93. The van der Waals surface area contributed by atoms with Gasteiger partial charge in [0.05, 0.1) is 23.5 Å². The van der Waals surface area contributed by atoms with Crippen LogP contribution in [0, 0.1) is 0 Å². The maximum absolute atomic E-state index is 13.9. The molecule has 6 rings (SSSR count). The second-order valence-electron chi connectivity index (χ2n) is 15.2. The van der Waals surface area contributed by atoms with Crippen molar-refractivity contribution in [1.29, 1.82) is 0 Å². The summed E-state index contributed by atoms with van der Waals surface area (Å²) in [6, 6.07) is 23.2. The maximum Gasteiger partial charge on any atom is 0.435 e. The standard InChI is InChI=1S/C41H47F3N6O6S/c1-40(2,3)56-38(51)19-20-48-23-25-49(26-24-48)35-14-11-32(27-34(35)47-57(53,54)28-29-7-5-4-6-8-29)39(52)50-21-17-31(18-22-50)30-9-12-33(13-10-30)55-37-16-15-36(45-46-37)41(42,43)44/h4-16,27,31,47H,17-26,28H2,1-3H3. The lowest BCUT2D eigenvalue weighted by molar-refractivity contribution is -0.155. The number of halogens is 3. The summed E-state index contributed by atoms with van der Waals surface area (Å²) < 4.78 is 79.2. The number of ether oxygens (including phenoxy) is 2. The largest absolute Gasteiger partial charge is 0.460 e.